The van der Waals surface area contributed by atoms with E-state index in [1.54, 1.807) is 0 Å². The molecule has 0 amide bonds. The smallest absolute Gasteiger partial charge is 0.303 e. The van der Waals surface area contributed by atoms with Gasteiger partial charge in [-0.15, -0.1) is 0 Å². The zero-order valence-electron chi connectivity index (χ0n) is 16.7. The second-order valence-electron chi connectivity index (χ2n) is 7.80. The summed E-state index contributed by atoms with van der Waals surface area (Å²) in [7, 11) is 0. The predicted octanol–water partition coefficient (Wildman–Crippen LogP) is 7.75. The molecule has 0 aromatic heterocycles. The first-order valence-corrected chi connectivity index (χ1v) is 10.9. The van der Waals surface area contributed by atoms with Crippen LogP contribution in [0.4, 0.5) is 0 Å². The molecule has 0 aliphatic carbocycles. The van der Waals surface area contributed by atoms with Crippen LogP contribution >= 0.6 is 0 Å². The molecule has 2 nitrogen and oxygen atoms in total. The molecule has 0 spiro atoms. The van der Waals surface area contributed by atoms with Gasteiger partial charge in [-0.05, 0) is 5.92 Å². The van der Waals surface area contributed by atoms with Crippen molar-refractivity contribution in [1.82, 2.24) is 0 Å². The fourth-order valence-corrected chi connectivity index (χ4v) is 3.44. The Hall–Kier alpha value is -0.530. The Labute approximate surface area is 151 Å². The van der Waals surface area contributed by atoms with Gasteiger partial charge in [-0.25, -0.2) is 0 Å². The van der Waals surface area contributed by atoms with Gasteiger partial charge in [-0.2, -0.15) is 0 Å². The van der Waals surface area contributed by atoms with Gasteiger partial charge >= 0.3 is 5.97 Å². The Bertz CT molecular complexity index is 263. The van der Waals surface area contributed by atoms with Gasteiger partial charge in [0, 0.05) is 6.42 Å². The van der Waals surface area contributed by atoms with Crippen LogP contribution in [0.5, 0.6) is 0 Å². The lowest BCUT2D eigenvalue weighted by Crippen LogP contribution is -2.03. The average Bonchev–Trinajstić information content (AvgIpc) is 2.53. The van der Waals surface area contributed by atoms with E-state index in [0.29, 0.717) is 12.3 Å². The number of hydrogen-bond acceptors (Lipinski definition) is 1. The zero-order chi connectivity index (χ0) is 17.9. The standard InChI is InChI=1S/C22H44O2/c1-3-4-5-6-7-8-9-10-11-12-13-14-15-16-17-18-19-21(2)20-22(23)24/h21H,3-20H2,1-2H3,(H,23,24)/t21-/m0/s1. The summed E-state index contributed by atoms with van der Waals surface area (Å²) in [4.78, 5) is 10.6. The van der Waals surface area contributed by atoms with E-state index < -0.39 is 5.97 Å². The van der Waals surface area contributed by atoms with Crippen molar-refractivity contribution in [3.63, 3.8) is 0 Å². The molecule has 0 bridgehead atoms. The van der Waals surface area contributed by atoms with E-state index in [2.05, 4.69) is 13.8 Å². The van der Waals surface area contributed by atoms with Crippen LogP contribution in [-0.2, 0) is 4.79 Å². The van der Waals surface area contributed by atoms with Gasteiger partial charge in [0.15, 0.2) is 0 Å². The van der Waals surface area contributed by atoms with E-state index in [0.717, 1.165) is 6.42 Å². The third-order valence-corrected chi connectivity index (χ3v) is 5.07. The van der Waals surface area contributed by atoms with Crippen LogP contribution in [0.1, 0.15) is 129 Å². The summed E-state index contributed by atoms with van der Waals surface area (Å²) in [6.45, 7) is 4.34. The van der Waals surface area contributed by atoms with Crippen LogP contribution in [-0.4, -0.2) is 11.1 Å². The maximum Gasteiger partial charge on any atom is 0.303 e. The molecule has 24 heavy (non-hydrogen) atoms. The van der Waals surface area contributed by atoms with E-state index in [1.807, 2.05) is 0 Å². The normalized spacial score (nSPS) is 12.4. The minimum atomic E-state index is -0.654. The van der Waals surface area contributed by atoms with Gasteiger partial charge in [0.2, 0.25) is 0 Å². The first-order valence-electron chi connectivity index (χ1n) is 10.9. The molecule has 0 saturated carbocycles. The second-order valence-corrected chi connectivity index (χ2v) is 7.80. The highest BCUT2D eigenvalue weighted by Gasteiger charge is 2.06. The maximum absolute atomic E-state index is 10.6. The zero-order valence-corrected chi connectivity index (χ0v) is 16.7. The summed E-state index contributed by atoms with van der Waals surface area (Å²) in [5, 5.41) is 8.72. The van der Waals surface area contributed by atoms with Crippen LogP contribution in [0, 0.1) is 5.92 Å². The van der Waals surface area contributed by atoms with Gasteiger partial charge in [0.25, 0.3) is 0 Å². The first kappa shape index (κ1) is 23.5. The summed E-state index contributed by atoms with van der Waals surface area (Å²) in [5.74, 6) is -0.312. The molecule has 0 rings (SSSR count). The van der Waals surface area contributed by atoms with Gasteiger partial charge in [-0.3, -0.25) is 4.79 Å². The molecule has 1 N–H and O–H groups in total. The molecule has 144 valence electrons. The molecular formula is C22H44O2. The monoisotopic (exact) mass is 340 g/mol. The Balaban J connectivity index is 3.06. The summed E-state index contributed by atoms with van der Waals surface area (Å²) >= 11 is 0. The van der Waals surface area contributed by atoms with Crippen LogP contribution < -0.4 is 0 Å². The molecule has 0 heterocycles. The molecule has 0 radical (unpaired) electrons. The predicted molar refractivity (Wildman–Crippen MR) is 106 cm³/mol. The van der Waals surface area contributed by atoms with E-state index in [1.165, 1.54) is 103 Å². The Kier molecular flexibility index (Phi) is 18.4. The molecule has 2 heteroatoms. The van der Waals surface area contributed by atoms with Crippen molar-refractivity contribution in [3.8, 4) is 0 Å². The summed E-state index contributed by atoms with van der Waals surface area (Å²) < 4.78 is 0. The van der Waals surface area contributed by atoms with E-state index in [9.17, 15) is 4.79 Å². The largest absolute Gasteiger partial charge is 0.481 e. The van der Waals surface area contributed by atoms with Gasteiger partial charge in [0.05, 0.1) is 0 Å². The quantitative estimate of drug-likeness (QED) is 0.244. The molecule has 0 aromatic rings. The van der Waals surface area contributed by atoms with Crippen molar-refractivity contribution in [2.24, 2.45) is 5.92 Å². The van der Waals surface area contributed by atoms with Gasteiger partial charge in [0.1, 0.15) is 0 Å². The fraction of sp³-hybridized carbons (Fsp3) is 0.955. The highest BCUT2D eigenvalue weighted by atomic mass is 16.4. The minimum absolute atomic E-state index is 0.332. The fourth-order valence-electron chi connectivity index (χ4n) is 3.44. The number of rotatable bonds is 19. The molecule has 0 aliphatic heterocycles. The topological polar surface area (TPSA) is 37.3 Å². The van der Waals surface area contributed by atoms with Crippen LogP contribution in [0.15, 0.2) is 0 Å². The van der Waals surface area contributed by atoms with E-state index in [-0.39, 0.29) is 0 Å². The van der Waals surface area contributed by atoms with Gasteiger partial charge in [-0.1, -0.05) is 123 Å². The highest BCUT2D eigenvalue weighted by Crippen LogP contribution is 2.16. The molecule has 0 aromatic carbocycles. The minimum Gasteiger partial charge on any atom is -0.481 e. The third-order valence-electron chi connectivity index (χ3n) is 5.07. The van der Waals surface area contributed by atoms with E-state index in [4.69, 9.17) is 5.11 Å². The Morgan fingerprint density at radius 1 is 0.667 bits per heavy atom. The van der Waals surface area contributed by atoms with Crippen LogP contribution in [0.3, 0.4) is 0 Å². The molecule has 0 unspecified atom stereocenters. The van der Waals surface area contributed by atoms with Crippen LogP contribution in [0.2, 0.25) is 0 Å². The van der Waals surface area contributed by atoms with E-state index >= 15 is 0 Å². The lowest BCUT2D eigenvalue weighted by molar-refractivity contribution is -0.138. The van der Waals surface area contributed by atoms with Gasteiger partial charge < -0.3 is 5.11 Å². The van der Waals surface area contributed by atoms with Crippen LogP contribution in [0.25, 0.3) is 0 Å². The summed E-state index contributed by atoms with van der Waals surface area (Å²) in [6.07, 6.45) is 23.7. The number of carboxylic acids is 1. The molecule has 0 saturated heterocycles. The summed E-state index contributed by atoms with van der Waals surface area (Å²) in [6, 6.07) is 0. The molecular weight excluding hydrogens is 296 g/mol. The number of carbonyl (C=O) groups is 1. The lowest BCUT2D eigenvalue weighted by atomic mass is 9.99. The van der Waals surface area contributed by atoms with Crippen molar-refractivity contribution >= 4 is 5.97 Å². The average molecular weight is 341 g/mol. The SMILES string of the molecule is CCCCCCCCCCCCCCCCCC[C@H](C)CC(=O)O. The lowest BCUT2D eigenvalue weighted by Gasteiger charge is -2.08. The Morgan fingerprint density at radius 2 is 1.00 bits per heavy atom. The number of unbranched alkanes of at least 4 members (excludes halogenated alkanes) is 15. The highest BCUT2D eigenvalue weighted by molar-refractivity contribution is 5.66. The molecule has 0 aliphatic rings. The summed E-state index contributed by atoms with van der Waals surface area (Å²) in [5.41, 5.74) is 0. The number of hydrogen-bond donors (Lipinski definition) is 1. The maximum atomic E-state index is 10.6. The van der Waals surface area contributed by atoms with Crippen molar-refractivity contribution < 1.29 is 9.90 Å². The third kappa shape index (κ3) is 19.5. The van der Waals surface area contributed by atoms with Crippen molar-refractivity contribution in [3.05, 3.63) is 0 Å². The van der Waals surface area contributed by atoms with Crippen molar-refractivity contribution in [1.29, 1.82) is 0 Å². The Morgan fingerprint density at radius 3 is 1.33 bits per heavy atom. The van der Waals surface area contributed by atoms with Crippen molar-refractivity contribution in [2.75, 3.05) is 0 Å². The molecule has 0 fully saturated rings. The number of carboxylic acid groups (broad SMARTS) is 1. The van der Waals surface area contributed by atoms with Crippen molar-refractivity contribution in [2.45, 2.75) is 129 Å². The second kappa shape index (κ2) is 18.8. The molecule has 1 atom stereocenters. The number of aliphatic carboxylic acids is 1. The first-order chi connectivity index (χ1) is 11.7.